The molecule has 13 heteroatoms. The van der Waals surface area contributed by atoms with Crippen LogP contribution in [-0.2, 0) is 14.2 Å². The summed E-state index contributed by atoms with van der Waals surface area (Å²) in [6.07, 6.45) is -15.1. The third-order valence-electron chi connectivity index (χ3n) is 5.72. The molecule has 178 valence electrons. The van der Waals surface area contributed by atoms with Crippen molar-refractivity contribution < 1.29 is 50.0 Å². The molecule has 32 heavy (non-hydrogen) atoms. The fraction of sp³-hybridized carbons (Fsp3) is 0.632. The van der Waals surface area contributed by atoms with Gasteiger partial charge in [0.1, 0.15) is 0 Å². The van der Waals surface area contributed by atoms with Crippen LogP contribution in [0.2, 0.25) is 0 Å². The monoisotopic (exact) mass is 523 g/mol. The zero-order valence-corrected chi connectivity index (χ0v) is 18.3. The van der Waals surface area contributed by atoms with Crippen molar-refractivity contribution in [1.82, 2.24) is 3.56 Å². The van der Waals surface area contributed by atoms with E-state index in [2.05, 4.69) is 0 Å². The maximum absolute atomic E-state index is 12.8. The van der Waals surface area contributed by atoms with Gasteiger partial charge >= 0.3 is 187 Å². The zero-order chi connectivity index (χ0) is 23.2. The second kappa shape index (κ2) is 9.58. The number of aliphatic hydroxyl groups excluding tert-OH is 7. The van der Waals surface area contributed by atoms with Gasteiger partial charge in [-0.2, -0.15) is 0 Å². The third-order valence-corrected chi connectivity index (χ3v) is 8.08. The Hall–Kier alpha value is -1.19. The second-order valence-electron chi connectivity index (χ2n) is 7.75. The minimum absolute atomic E-state index is 0.373. The van der Waals surface area contributed by atoms with E-state index in [1.165, 1.54) is 3.56 Å². The topological polar surface area (TPSA) is 191 Å². The molecule has 0 bridgehead atoms. The molecule has 4 rings (SSSR count). The summed E-state index contributed by atoms with van der Waals surface area (Å²) in [6, 6.07) is 6.93. The van der Waals surface area contributed by atoms with Crippen LogP contribution < -0.4 is 5.56 Å². The van der Waals surface area contributed by atoms with Gasteiger partial charge in [0.25, 0.3) is 0 Å². The predicted octanol–water partition coefficient (Wildman–Crippen LogP) is -4.14. The van der Waals surface area contributed by atoms with E-state index in [0.29, 0.717) is 5.39 Å². The van der Waals surface area contributed by atoms with E-state index in [0.717, 1.165) is 4.26 Å². The molecule has 3 heterocycles. The van der Waals surface area contributed by atoms with E-state index in [4.69, 9.17) is 14.2 Å². The summed E-state index contributed by atoms with van der Waals surface area (Å²) in [5.41, 5.74) is -0.373. The molecule has 2 aliphatic heterocycles. The molecule has 2 saturated heterocycles. The van der Waals surface area contributed by atoms with Crippen LogP contribution in [0.5, 0.6) is 0 Å². The van der Waals surface area contributed by atoms with Gasteiger partial charge < -0.3 is 0 Å². The third kappa shape index (κ3) is 4.09. The molecule has 0 aliphatic carbocycles. The molecule has 10 atom stereocenters. The summed E-state index contributed by atoms with van der Waals surface area (Å²) < 4.78 is 18.6. The molecule has 0 spiro atoms. The Bertz CT molecular complexity index is 978. The van der Waals surface area contributed by atoms with Crippen LogP contribution in [0.15, 0.2) is 29.1 Å². The number of benzene rings is 1. The summed E-state index contributed by atoms with van der Waals surface area (Å²) in [4.78, 5) is 12.8. The van der Waals surface area contributed by atoms with Crippen molar-refractivity contribution in [1.29, 1.82) is 0 Å². The normalized spacial score (nSPS) is 40.6. The minimum atomic E-state index is -1.74. The Morgan fingerprint density at radius 3 is 2.22 bits per heavy atom. The Labute approximate surface area is 187 Å². The first-order chi connectivity index (χ1) is 15.3. The van der Waals surface area contributed by atoms with Gasteiger partial charge in [0.2, 0.25) is 0 Å². The Morgan fingerprint density at radius 2 is 1.56 bits per heavy atom. The molecule has 12 nitrogen and oxygen atoms in total. The summed E-state index contributed by atoms with van der Waals surface area (Å²) in [7, 11) is 0. The number of rotatable bonds is 5. The van der Waals surface area contributed by atoms with Gasteiger partial charge in [0, 0.05) is 0 Å². The average molecular weight is 522 g/mol. The molecule has 0 radical (unpaired) electrons. The number of aromatic nitrogens is 1. The molecule has 2 aliphatic rings. The van der Waals surface area contributed by atoms with E-state index in [1.54, 1.807) is 24.3 Å². The van der Waals surface area contributed by atoms with Crippen molar-refractivity contribution in [3.63, 3.8) is 0 Å². The van der Waals surface area contributed by atoms with Crippen molar-refractivity contribution in [3.05, 3.63) is 34.6 Å². The number of nitrogens with zero attached hydrogens (tertiary/aromatic N) is 1. The first kappa shape index (κ1) is 24.0. The zero-order valence-electron chi connectivity index (χ0n) is 16.6. The van der Waals surface area contributed by atoms with Crippen molar-refractivity contribution >= 4 is 24.4 Å². The molecule has 4 unspecified atom stereocenters. The van der Waals surface area contributed by atoms with Crippen LogP contribution in [0.1, 0.15) is 6.23 Å². The molecule has 7 N–H and O–H groups in total. The molecule has 1 aromatic heterocycles. The van der Waals surface area contributed by atoms with Crippen LogP contribution in [0.3, 0.4) is 0 Å². The van der Waals surface area contributed by atoms with Crippen LogP contribution in [-0.4, -0.2) is 122 Å². The molecule has 0 amide bonds. The first-order valence-electron chi connectivity index (χ1n) is 9.97. The standard InChI is InChI=1S/C19H25NO11Se/c21-5-8-11(23)12(24)15(27)19(30-8)31-16-9(6-22)29-18(14(26)13(16)25)20-17(28)7-3-1-2-4-10(7)32-20/h1-4,8-9,11-16,18-19,21-27H,5-6H2/t8?,9?,11-,12-,13+,14?,15?,16+,18+,19-/m0/s1. The van der Waals surface area contributed by atoms with Gasteiger partial charge in [-0.05, 0) is 0 Å². The Balaban J connectivity index is 1.57. The van der Waals surface area contributed by atoms with Gasteiger partial charge in [-0.15, -0.1) is 0 Å². The fourth-order valence-corrected chi connectivity index (χ4v) is 6.15. The van der Waals surface area contributed by atoms with Gasteiger partial charge in [0.15, 0.2) is 0 Å². The summed E-state index contributed by atoms with van der Waals surface area (Å²) >= 11 is -0.524. The molecule has 2 fully saturated rings. The van der Waals surface area contributed by atoms with Gasteiger partial charge in [-0.1, -0.05) is 0 Å². The van der Waals surface area contributed by atoms with Crippen molar-refractivity contribution in [3.8, 4) is 0 Å². The van der Waals surface area contributed by atoms with Crippen molar-refractivity contribution in [2.24, 2.45) is 0 Å². The predicted molar refractivity (Wildman–Crippen MR) is 107 cm³/mol. The van der Waals surface area contributed by atoms with Gasteiger partial charge in [0.05, 0.1) is 0 Å². The Kier molecular flexibility index (Phi) is 7.17. The van der Waals surface area contributed by atoms with E-state index in [1.807, 2.05) is 0 Å². The van der Waals surface area contributed by atoms with Crippen molar-refractivity contribution in [2.45, 2.75) is 61.3 Å². The molecule has 0 saturated carbocycles. The first-order valence-corrected chi connectivity index (χ1v) is 11.6. The number of ether oxygens (including phenoxy) is 3. The van der Waals surface area contributed by atoms with Crippen LogP contribution in [0.25, 0.3) is 9.65 Å². The fourth-order valence-electron chi connectivity index (χ4n) is 3.92. The molecule has 1 aromatic carbocycles. The average Bonchev–Trinajstić information content (AvgIpc) is 3.13. The summed E-state index contributed by atoms with van der Waals surface area (Å²) in [5.74, 6) is 0. The summed E-state index contributed by atoms with van der Waals surface area (Å²) in [6.45, 7) is -1.34. The molecular formula is C19H25NO11Se. The second-order valence-corrected chi connectivity index (χ2v) is 9.88. The van der Waals surface area contributed by atoms with E-state index in [9.17, 15) is 40.5 Å². The summed E-state index contributed by atoms with van der Waals surface area (Å²) in [5, 5.41) is 71.1. The van der Waals surface area contributed by atoms with Crippen LogP contribution >= 0.6 is 0 Å². The van der Waals surface area contributed by atoms with E-state index in [-0.39, 0.29) is 5.56 Å². The molecule has 2 aromatic rings. The number of aliphatic hydroxyl groups is 7. The van der Waals surface area contributed by atoms with Crippen molar-refractivity contribution in [2.75, 3.05) is 13.2 Å². The van der Waals surface area contributed by atoms with Crippen LogP contribution in [0, 0.1) is 0 Å². The van der Waals surface area contributed by atoms with Gasteiger partial charge in [-0.3, -0.25) is 0 Å². The SMILES string of the molecule is O=c1c2ccccc2[se]n1[C@@H]1OC(CO)[C@@H](O[C@@H]2OC(CO)[C@H](O)[C@H](O)C2O)[C@H](O)C1O. The van der Waals surface area contributed by atoms with E-state index < -0.39 is 89.3 Å². The molecular weight excluding hydrogens is 497 g/mol. The number of hydrogen-bond acceptors (Lipinski definition) is 11. The Morgan fingerprint density at radius 1 is 0.875 bits per heavy atom. The number of hydrogen-bond donors (Lipinski definition) is 7. The quantitative estimate of drug-likeness (QED) is 0.189. The van der Waals surface area contributed by atoms with Crippen LogP contribution in [0.4, 0.5) is 0 Å². The van der Waals surface area contributed by atoms with E-state index >= 15 is 0 Å². The van der Waals surface area contributed by atoms with Gasteiger partial charge in [-0.25, -0.2) is 0 Å². The maximum atomic E-state index is 12.8. The number of fused-ring (bicyclic) bond motifs is 1.